The molecule has 11 heavy (non-hydrogen) atoms. The Labute approximate surface area is 77.6 Å². The van der Waals surface area contributed by atoms with Crippen LogP contribution in [0.2, 0.25) is 6.04 Å². The van der Waals surface area contributed by atoms with Gasteiger partial charge < -0.3 is 0 Å². The van der Waals surface area contributed by atoms with Gasteiger partial charge in [0.05, 0.1) is 0 Å². The van der Waals surface area contributed by atoms with Gasteiger partial charge in [0, 0.05) is 0 Å². The first-order chi connectivity index (χ1) is 5.31. The highest BCUT2D eigenvalue weighted by Gasteiger charge is 1.99. The number of allylic oxidation sites excluding steroid dienone is 1. The second kappa shape index (κ2) is 8.34. The molecule has 1 atom stereocenters. The highest BCUT2D eigenvalue weighted by atomic mass is 35.6. The Hall–Kier alpha value is 0.247. The fraction of sp³-hybridized carbons (Fsp3) is 0.778. The lowest BCUT2D eigenvalue weighted by Crippen LogP contribution is -1.95. The molecule has 0 amide bonds. The Morgan fingerprint density at radius 3 is 2.82 bits per heavy atom. The molecule has 0 aromatic heterocycles. The second-order valence-electron chi connectivity index (χ2n) is 3.16. The minimum absolute atomic E-state index is 0.221. The minimum atomic E-state index is -0.221. The lowest BCUT2D eigenvalue weighted by atomic mass is 10.1. The monoisotopic (exact) mass is 190 g/mol. The third kappa shape index (κ3) is 8.15. The number of halogens is 1. The van der Waals surface area contributed by atoms with Crippen LogP contribution in [0.4, 0.5) is 0 Å². The van der Waals surface area contributed by atoms with E-state index in [-0.39, 0.29) is 8.83 Å². The van der Waals surface area contributed by atoms with Crippen molar-refractivity contribution in [1.29, 1.82) is 0 Å². The Balaban J connectivity index is 3.03. The highest BCUT2D eigenvalue weighted by Crippen LogP contribution is 2.13. The van der Waals surface area contributed by atoms with E-state index in [0.29, 0.717) is 0 Å². The summed E-state index contributed by atoms with van der Waals surface area (Å²) in [5.74, 6) is 0.865. The van der Waals surface area contributed by atoms with Crippen molar-refractivity contribution in [3.63, 3.8) is 0 Å². The first-order valence-electron chi connectivity index (χ1n) is 4.48. The molecule has 66 valence electrons. The molecule has 0 saturated carbocycles. The lowest BCUT2D eigenvalue weighted by Gasteiger charge is -2.07. The average Bonchev–Trinajstić information content (AvgIpc) is 1.99. The molecule has 0 spiro atoms. The highest BCUT2D eigenvalue weighted by molar-refractivity contribution is 6.93. The molecule has 0 aromatic carbocycles. The molecule has 0 fully saturated rings. The van der Waals surface area contributed by atoms with Crippen molar-refractivity contribution in [2.45, 2.75) is 38.7 Å². The fourth-order valence-corrected chi connectivity index (χ4v) is 2.89. The van der Waals surface area contributed by atoms with E-state index >= 15 is 0 Å². The van der Waals surface area contributed by atoms with Crippen molar-refractivity contribution in [2.75, 3.05) is 0 Å². The predicted octanol–water partition coefficient (Wildman–Crippen LogP) is 3.11. The van der Waals surface area contributed by atoms with E-state index < -0.39 is 0 Å². The maximum atomic E-state index is 5.76. The fourth-order valence-electron chi connectivity index (χ4n) is 1.11. The van der Waals surface area contributed by atoms with Crippen molar-refractivity contribution in [3.05, 3.63) is 12.7 Å². The van der Waals surface area contributed by atoms with Gasteiger partial charge in [0.1, 0.15) is 8.83 Å². The first-order valence-corrected chi connectivity index (χ1v) is 7.62. The van der Waals surface area contributed by atoms with Crippen molar-refractivity contribution < 1.29 is 0 Å². The summed E-state index contributed by atoms with van der Waals surface area (Å²) in [6, 6.07) is 1.30. The van der Waals surface area contributed by atoms with E-state index in [4.69, 9.17) is 11.1 Å². The first kappa shape index (κ1) is 11.2. The molecule has 0 saturated heterocycles. The molecule has 0 heterocycles. The summed E-state index contributed by atoms with van der Waals surface area (Å²) in [7, 11) is -0.221. The molecular weight excluding hydrogens is 172 g/mol. The number of hydrogen-bond acceptors (Lipinski definition) is 0. The van der Waals surface area contributed by atoms with Gasteiger partial charge in [-0.05, 0) is 24.8 Å². The molecule has 0 aromatic rings. The van der Waals surface area contributed by atoms with Gasteiger partial charge in [-0.3, -0.25) is 0 Å². The van der Waals surface area contributed by atoms with Crippen LogP contribution in [-0.4, -0.2) is 8.83 Å². The topological polar surface area (TPSA) is 0 Å². The SMILES string of the molecule is C=CCCCCC(C)C[SiH2]Cl. The third-order valence-electron chi connectivity index (χ3n) is 1.96. The summed E-state index contributed by atoms with van der Waals surface area (Å²) in [5, 5.41) is 0. The van der Waals surface area contributed by atoms with Crippen LogP contribution in [0.1, 0.15) is 32.6 Å². The van der Waals surface area contributed by atoms with E-state index in [0.717, 1.165) is 5.92 Å². The maximum Gasteiger partial charge on any atom is 0.125 e. The molecule has 0 N–H and O–H groups in total. The van der Waals surface area contributed by atoms with Crippen LogP contribution < -0.4 is 0 Å². The van der Waals surface area contributed by atoms with Gasteiger partial charge in [0.25, 0.3) is 0 Å². The maximum absolute atomic E-state index is 5.76. The third-order valence-corrected chi connectivity index (χ3v) is 3.82. The van der Waals surface area contributed by atoms with Crippen molar-refractivity contribution >= 4 is 19.9 Å². The zero-order valence-corrected chi connectivity index (χ0v) is 9.65. The molecule has 1 unspecified atom stereocenters. The normalized spacial score (nSPS) is 14.0. The smallest absolute Gasteiger partial charge is 0.125 e. The van der Waals surface area contributed by atoms with E-state index in [1.165, 1.54) is 31.7 Å². The van der Waals surface area contributed by atoms with Gasteiger partial charge in [-0.15, -0.1) is 6.58 Å². The van der Waals surface area contributed by atoms with Crippen molar-refractivity contribution in [2.24, 2.45) is 5.92 Å². The summed E-state index contributed by atoms with van der Waals surface area (Å²) in [6.45, 7) is 6.01. The van der Waals surface area contributed by atoms with Crippen LogP contribution >= 0.6 is 11.1 Å². The zero-order valence-electron chi connectivity index (χ0n) is 7.48. The molecule has 0 rings (SSSR count). The van der Waals surface area contributed by atoms with Gasteiger partial charge in [-0.1, -0.05) is 25.8 Å². The van der Waals surface area contributed by atoms with Crippen LogP contribution in [0.3, 0.4) is 0 Å². The van der Waals surface area contributed by atoms with Crippen LogP contribution in [0.25, 0.3) is 0 Å². The Morgan fingerprint density at radius 1 is 1.55 bits per heavy atom. The minimum Gasteiger partial charge on any atom is -0.176 e. The number of unbranched alkanes of at least 4 members (excludes halogenated alkanes) is 2. The van der Waals surface area contributed by atoms with Crippen LogP contribution in [0.15, 0.2) is 12.7 Å². The largest absolute Gasteiger partial charge is 0.176 e. The standard InChI is InChI=1S/C9H19ClSi/c1-3-4-5-6-7-9(2)8-11-10/h3,9H,1,4-8,11H2,2H3. The summed E-state index contributed by atoms with van der Waals surface area (Å²) in [5.41, 5.74) is 0. The quantitative estimate of drug-likeness (QED) is 0.251. The molecule has 0 bridgehead atoms. The van der Waals surface area contributed by atoms with Gasteiger partial charge in [0.2, 0.25) is 0 Å². The molecule has 0 nitrogen and oxygen atoms in total. The van der Waals surface area contributed by atoms with Crippen LogP contribution in [0.5, 0.6) is 0 Å². The number of rotatable bonds is 7. The van der Waals surface area contributed by atoms with E-state index in [1.54, 1.807) is 0 Å². The Bertz CT molecular complexity index is 93.6. The lowest BCUT2D eigenvalue weighted by molar-refractivity contribution is 0.540. The molecule has 0 radical (unpaired) electrons. The molecular formula is C9H19ClSi. The van der Waals surface area contributed by atoms with Gasteiger partial charge in [-0.25, -0.2) is 0 Å². The van der Waals surface area contributed by atoms with Gasteiger partial charge >= 0.3 is 0 Å². The average molecular weight is 191 g/mol. The van der Waals surface area contributed by atoms with Crippen molar-refractivity contribution in [3.8, 4) is 0 Å². The van der Waals surface area contributed by atoms with Crippen molar-refractivity contribution in [1.82, 2.24) is 0 Å². The van der Waals surface area contributed by atoms with Crippen LogP contribution in [0, 0.1) is 5.92 Å². The second-order valence-corrected chi connectivity index (χ2v) is 5.25. The summed E-state index contributed by atoms with van der Waals surface area (Å²) < 4.78 is 0. The predicted molar refractivity (Wildman–Crippen MR) is 57.0 cm³/mol. The summed E-state index contributed by atoms with van der Waals surface area (Å²) in [6.07, 6.45) is 7.18. The van der Waals surface area contributed by atoms with E-state index in [1.807, 2.05) is 6.08 Å². The van der Waals surface area contributed by atoms with Gasteiger partial charge in [0.15, 0.2) is 0 Å². The molecule has 2 heteroatoms. The van der Waals surface area contributed by atoms with E-state index in [2.05, 4.69) is 13.5 Å². The van der Waals surface area contributed by atoms with Crippen LogP contribution in [-0.2, 0) is 0 Å². The summed E-state index contributed by atoms with van der Waals surface area (Å²) in [4.78, 5) is 0. The Kier molecular flexibility index (Phi) is 8.53. The Morgan fingerprint density at radius 2 is 2.27 bits per heavy atom. The molecule has 0 aliphatic carbocycles. The van der Waals surface area contributed by atoms with E-state index in [9.17, 15) is 0 Å². The zero-order chi connectivity index (χ0) is 8.53. The molecule has 0 aliphatic heterocycles. The number of hydrogen-bond donors (Lipinski definition) is 0. The molecule has 0 aliphatic rings. The summed E-state index contributed by atoms with van der Waals surface area (Å²) >= 11 is 5.76. The van der Waals surface area contributed by atoms with Gasteiger partial charge in [-0.2, -0.15) is 11.1 Å².